The van der Waals surface area contributed by atoms with Crippen LogP contribution in [0.25, 0.3) is 0 Å². The van der Waals surface area contributed by atoms with Crippen LogP contribution in [0.5, 0.6) is 0 Å². The number of nitrogens with zero attached hydrogens (tertiary/aromatic N) is 1. The Morgan fingerprint density at radius 1 is 1.05 bits per heavy atom. The fourth-order valence-electron chi connectivity index (χ4n) is 3.07. The minimum absolute atomic E-state index is 0.0904. The van der Waals surface area contributed by atoms with Gasteiger partial charge in [-0.25, -0.2) is 0 Å². The summed E-state index contributed by atoms with van der Waals surface area (Å²) in [4.78, 5) is 25.2. The van der Waals surface area contributed by atoms with Crippen LogP contribution in [0.4, 0.5) is 0 Å². The summed E-state index contributed by atoms with van der Waals surface area (Å²) in [7, 11) is 0. The number of ether oxygens (including phenoxy) is 1. The lowest BCUT2D eigenvalue weighted by Gasteiger charge is -2.26. The lowest BCUT2D eigenvalue weighted by atomic mass is 10.1. The van der Waals surface area contributed by atoms with Gasteiger partial charge in [-0.3, -0.25) is 14.5 Å². The maximum atomic E-state index is 12.0. The molecule has 2 aliphatic rings. The van der Waals surface area contributed by atoms with E-state index >= 15 is 0 Å². The van der Waals surface area contributed by atoms with Crippen LogP contribution in [0, 0.1) is 0 Å². The third-order valence-electron chi connectivity index (χ3n) is 3.79. The van der Waals surface area contributed by atoms with Crippen LogP contribution in [-0.4, -0.2) is 22.3 Å². The van der Waals surface area contributed by atoms with E-state index in [0.717, 1.165) is 11.1 Å². The van der Waals surface area contributed by atoms with Crippen molar-refractivity contribution in [3.8, 4) is 0 Å². The summed E-state index contributed by atoms with van der Waals surface area (Å²) in [5, 5.41) is 0. The van der Waals surface area contributed by atoms with E-state index in [0.29, 0.717) is 6.42 Å². The van der Waals surface area contributed by atoms with E-state index in [4.69, 9.17) is 4.74 Å². The van der Waals surface area contributed by atoms with Gasteiger partial charge in [0, 0.05) is 18.6 Å². The average Bonchev–Trinajstić information content (AvgIpc) is 2.90. The number of amides is 2. The Hall–Kier alpha value is -1.94. The molecule has 2 atom stereocenters. The van der Waals surface area contributed by atoms with E-state index in [1.165, 1.54) is 17.1 Å². The van der Waals surface area contributed by atoms with Gasteiger partial charge in [0.25, 0.3) is 11.8 Å². The Labute approximate surface area is 124 Å². The van der Waals surface area contributed by atoms with Crippen molar-refractivity contribution in [2.24, 2.45) is 0 Å². The molecular formula is C17H19NO3. The minimum Gasteiger partial charge on any atom is -0.368 e. The molecule has 21 heavy (non-hydrogen) atoms. The molecule has 1 aromatic rings. The number of hydrogen-bond donors (Lipinski definition) is 0. The van der Waals surface area contributed by atoms with Crippen LogP contribution in [0.2, 0.25) is 0 Å². The number of rotatable bonds is 2. The standard InChI is InChI=1S/C17H19NO3/c1-17(2,3)21-14-10-13(11-6-4-5-7-12(11)14)18-15(19)8-9-16(18)20/h4-9,13-14H,10H2,1-3H3/t13-,14-/m0/s1. The highest BCUT2D eigenvalue weighted by atomic mass is 16.5. The third kappa shape index (κ3) is 2.51. The van der Waals surface area contributed by atoms with Gasteiger partial charge in [-0.05, 0) is 31.9 Å². The molecule has 3 rings (SSSR count). The van der Waals surface area contributed by atoms with Gasteiger partial charge in [0.2, 0.25) is 0 Å². The van der Waals surface area contributed by atoms with E-state index < -0.39 is 0 Å². The smallest absolute Gasteiger partial charge is 0.254 e. The zero-order chi connectivity index (χ0) is 15.2. The van der Waals surface area contributed by atoms with Gasteiger partial charge in [0.15, 0.2) is 0 Å². The quantitative estimate of drug-likeness (QED) is 0.785. The lowest BCUT2D eigenvalue weighted by Crippen LogP contribution is -2.33. The largest absolute Gasteiger partial charge is 0.368 e. The molecule has 0 saturated carbocycles. The second kappa shape index (κ2) is 4.81. The first-order chi connectivity index (χ1) is 9.87. The molecule has 0 radical (unpaired) electrons. The normalized spacial score (nSPS) is 24.8. The molecule has 0 bridgehead atoms. The Kier molecular flexibility index (Phi) is 3.21. The summed E-state index contributed by atoms with van der Waals surface area (Å²) in [6, 6.07) is 7.66. The second-order valence-corrected chi connectivity index (χ2v) is 6.48. The molecule has 4 nitrogen and oxygen atoms in total. The van der Waals surface area contributed by atoms with Gasteiger partial charge in [0.1, 0.15) is 0 Å². The highest BCUT2D eigenvalue weighted by Crippen LogP contribution is 2.46. The molecule has 0 aromatic heterocycles. The SMILES string of the molecule is CC(C)(C)O[C@H]1C[C@H](N2C(=O)C=CC2=O)c2ccccc21. The van der Waals surface area contributed by atoms with Gasteiger partial charge in [-0.15, -0.1) is 0 Å². The second-order valence-electron chi connectivity index (χ2n) is 6.48. The highest BCUT2D eigenvalue weighted by Gasteiger charge is 2.41. The Morgan fingerprint density at radius 3 is 2.19 bits per heavy atom. The van der Waals surface area contributed by atoms with Crippen molar-refractivity contribution in [1.29, 1.82) is 0 Å². The van der Waals surface area contributed by atoms with E-state index in [-0.39, 0.29) is 29.6 Å². The van der Waals surface area contributed by atoms with Crippen molar-refractivity contribution < 1.29 is 14.3 Å². The summed E-state index contributed by atoms with van der Waals surface area (Å²) < 4.78 is 6.12. The van der Waals surface area contributed by atoms with E-state index in [1.54, 1.807) is 0 Å². The van der Waals surface area contributed by atoms with E-state index in [1.807, 2.05) is 45.0 Å². The summed E-state index contributed by atoms with van der Waals surface area (Å²) in [6.07, 6.45) is 3.20. The van der Waals surface area contributed by atoms with Crippen molar-refractivity contribution >= 4 is 11.8 Å². The number of imide groups is 1. The van der Waals surface area contributed by atoms with Gasteiger partial charge in [-0.1, -0.05) is 24.3 Å². The zero-order valence-electron chi connectivity index (χ0n) is 12.5. The summed E-state index contributed by atoms with van der Waals surface area (Å²) >= 11 is 0. The Morgan fingerprint density at radius 2 is 1.62 bits per heavy atom. The Bertz CT molecular complexity index is 609. The first-order valence-corrected chi connectivity index (χ1v) is 7.19. The molecule has 0 saturated heterocycles. The predicted octanol–water partition coefficient (Wildman–Crippen LogP) is 2.91. The molecule has 1 aliphatic carbocycles. The fraction of sp³-hybridized carbons (Fsp3) is 0.412. The number of benzene rings is 1. The van der Waals surface area contributed by atoms with E-state index in [9.17, 15) is 9.59 Å². The first kappa shape index (κ1) is 14.0. The molecule has 1 heterocycles. The molecule has 1 aliphatic heterocycles. The molecule has 0 N–H and O–H groups in total. The van der Waals surface area contributed by atoms with Crippen LogP contribution in [0.15, 0.2) is 36.4 Å². The highest BCUT2D eigenvalue weighted by molar-refractivity contribution is 6.13. The molecular weight excluding hydrogens is 266 g/mol. The molecule has 2 amide bonds. The molecule has 4 heteroatoms. The predicted molar refractivity (Wildman–Crippen MR) is 78.4 cm³/mol. The average molecular weight is 285 g/mol. The molecule has 0 spiro atoms. The van der Waals surface area contributed by atoms with Crippen LogP contribution in [0.1, 0.15) is 50.5 Å². The van der Waals surface area contributed by atoms with Crippen LogP contribution < -0.4 is 0 Å². The van der Waals surface area contributed by atoms with E-state index in [2.05, 4.69) is 0 Å². The lowest BCUT2D eigenvalue weighted by molar-refractivity contribution is -0.140. The van der Waals surface area contributed by atoms with Gasteiger partial charge in [0.05, 0.1) is 17.7 Å². The van der Waals surface area contributed by atoms with Crippen LogP contribution >= 0.6 is 0 Å². The minimum atomic E-state index is -0.274. The monoisotopic (exact) mass is 285 g/mol. The topological polar surface area (TPSA) is 46.6 Å². The maximum absolute atomic E-state index is 12.0. The molecule has 0 unspecified atom stereocenters. The first-order valence-electron chi connectivity index (χ1n) is 7.19. The Balaban J connectivity index is 1.95. The summed E-state index contributed by atoms with van der Waals surface area (Å²) in [6.45, 7) is 6.03. The van der Waals surface area contributed by atoms with Gasteiger partial charge < -0.3 is 4.74 Å². The summed E-state index contributed by atoms with van der Waals surface area (Å²) in [5.74, 6) is -0.479. The molecule has 1 aromatic carbocycles. The molecule has 0 fully saturated rings. The van der Waals surface area contributed by atoms with Crippen molar-refractivity contribution in [2.75, 3.05) is 0 Å². The van der Waals surface area contributed by atoms with Crippen LogP contribution in [-0.2, 0) is 14.3 Å². The number of carbonyl (C=O) groups excluding carboxylic acids is 2. The fourth-order valence-corrected chi connectivity index (χ4v) is 3.07. The van der Waals surface area contributed by atoms with Gasteiger partial charge in [-0.2, -0.15) is 0 Å². The van der Waals surface area contributed by atoms with Crippen molar-refractivity contribution in [1.82, 2.24) is 4.90 Å². The number of hydrogen-bond acceptors (Lipinski definition) is 3. The van der Waals surface area contributed by atoms with Crippen molar-refractivity contribution in [3.05, 3.63) is 47.5 Å². The summed E-state index contributed by atoms with van der Waals surface area (Å²) in [5.41, 5.74) is 1.81. The van der Waals surface area contributed by atoms with Crippen molar-refractivity contribution in [2.45, 2.75) is 44.9 Å². The van der Waals surface area contributed by atoms with Crippen LogP contribution in [0.3, 0.4) is 0 Å². The maximum Gasteiger partial charge on any atom is 0.254 e. The zero-order valence-corrected chi connectivity index (χ0v) is 12.5. The van der Waals surface area contributed by atoms with Crippen molar-refractivity contribution in [3.63, 3.8) is 0 Å². The number of fused-ring (bicyclic) bond motifs is 1. The molecule has 110 valence electrons. The number of carbonyl (C=O) groups is 2. The third-order valence-corrected chi connectivity index (χ3v) is 3.79. The van der Waals surface area contributed by atoms with Gasteiger partial charge >= 0.3 is 0 Å².